The van der Waals surface area contributed by atoms with Crippen molar-refractivity contribution in [2.45, 2.75) is 29.8 Å². The van der Waals surface area contributed by atoms with E-state index in [-0.39, 0.29) is 16.3 Å². The van der Waals surface area contributed by atoms with E-state index < -0.39 is 10.0 Å². The van der Waals surface area contributed by atoms with E-state index in [1.165, 1.54) is 45.2 Å². The molecule has 0 radical (unpaired) electrons. The van der Waals surface area contributed by atoms with Crippen molar-refractivity contribution in [1.82, 2.24) is 9.97 Å². The lowest BCUT2D eigenvalue weighted by molar-refractivity contribution is 0.324. The molecule has 0 atom stereocenters. The average Bonchev–Trinajstić information content (AvgIpc) is 2.87. The summed E-state index contributed by atoms with van der Waals surface area (Å²) in [5.74, 6) is 2.34. The number of nitriles is 1. The fraction of sp³-hybridized carbons (Fsp3) is 0.292. The summed E-state index contributed by atoms with van der Waals surface area (Å²) in [5.41, 5.74) is 1.68. The van der Waals surface area contributed by atoms with Crippen LogP contribution in [0.2, 0.25) is 0 Å². The van der Waals surface area contributed by atoms with Crippen molar-refractivity contribution < 1.29 is 22.6 Å². The Kier molecular flexibility index (Phi) is 8.98. The predicted molar refractivity (Wildman–Crippen MR) is 139 cm³/mol. The Morgan fingerprint density at radius 1 is 1.06 bits per heavy atom. The molecule has 0 saturated carbocycles. The summed E-state index contributed by atoms with van der Waals surface area (Å²) >= 11 is 1.48. The molecule has 36 heavy (non-hydrogen) atoms. The number of hydrogen-bond donors (Lipinski definition) is 2. The van der Waals surface area contributed by atoms with Crippen molar-refractivity contribution in [2.24, 2.45) is 5.14 Å². The molecule has 0 aliphatic rings. The molecule has 1 heterocycles. The quantitative estimate of drug-likeness (QED) is 0.209. The normalized spacial score (nSPS) is 11.0. The van der Waals surface area contributed by atoms with Gasteiger partial charge in [-0.1, -0.05) is 25.1 Å². The maximum atomic E-state index is 11.6. The van der Waals surface area contributed by atoms with Gasteiger partial charge in [0.25, 0.3) is 0 Å². The van der Waals surface area contributed by atoms with Crippen LogP contribution in [0.1, 0.15) is 25.3 Å². The first-order chi connectivity index (χ1) is 17.2. The highest BCUT2D eigenvalue weighted by Gasteiger charge is 2.21. The molecule has 0 bridgehead atoms. The number of sulfonamides is 1. The third-order valence-electron chi connectivity index (χ3n) is 5.11. The Bertz CT molecular complexity index is 1350. The highest BCUT2D eigenvalue weighted by Crippen LogP contribution is 2.42. The molecule has 0 saturated heterocycles. The molecule has 2 aromatic carbocycles. The van der Waals surface area contributed by atoms with Gasteiger partial charge in [0, 0.05) is 17.0 Å². The molecule has 12 heteroatoms. The number of nitrogens with zero attached hydrogens (tertiary/aromatic N) is 3. The summed E-state index contributed by atoms with van der Waals surface area (Å²) in [6.07, 6.45) is 2.00. The van der Waals surface area contributed by atoms with E-state index in [2.05, 4.69) is 28.3 Å². The SMILES string of the molecule is CCCCSc1nc(Nc2ccc(S(N)(=O)=O)cc2)c(C#N)c(-c2cc(OC)c(OC)c(OC)c2)n1. The zero-order valence-electron chi connectivity index (χ0n) is 20.4. The first kappa shape index (κ1) is 27.1. The molecule has 3 rings (SSSR count). The van der Waals surface area contributed by atoms with Crippen LogP contribution in [0.25, 0.3) is 11.3 Å². The lowest BCUT2D eigenvalue weighted by Crippen LogP contribution is -2.12. The van der Waals surface area contributed by atoms with Gasteiger partial charge in [-0.2, -0.15) is 5.26 Å². The molecule has 0 aliphatic heterocycles. The zero-order chi connectivity index (χ0) is 26.3. The summed E-state index contributed by atoms with van der Waals surface area (Å²) in [6.45, 7) is 2.10. The van der Waals surface area contributed by atoms with Crippen LogP contribution < -0.4 is 24.7 Å². The van der Waals surface area contributed by atoms with Crippen molar-refractivity contribution in [3.8, 4) is 34.6 Å². The Labute approximate surface area is 214 Å². The van der Waals surface area contributed by atoms with Gasteiger partial charge in [-0.3, -0.25) is 0 Å². The van der Waals surface area contributed by atoms with Crippen LogP contribution in [0, 0.1) is 11.3 Å². The van der Waals surface area contributed by atoms with E-state index >= 15 is 0 Å². The fourth-order valence-electron chi connectivity index (χ4n) is 3.30. The molecule has 0 amide bonds. The zero-order valence-corrected chi connectivity index (χ0v) is 22.0. The Morgan fingerprint density at radius 3 is 2.19 bits per heavy atom. The minimum atomic E-state index is -3.83. The molecule has 10 nitrogen and oxygen atoms in total. The highest BCUT2D eigenvalue weighted by atomic mass is 32.2. The van der Waals surface area contributed by atoms with Crippen LogP contribution in [0.3, 0.4) is 0 Å². The summed E-state index contributed by atoms with van der Waals surface area (Å²) in [5, 5.41) is 18.9. The van der Waals surface area contributed by atoms with Crippen molar-refractivity contribution in [3.05, 3.63) is 42.0 Å². The molecule has 190 valence electrons. The average molecular weight is 530 g/mol. The number of hydrogen-bond acceptors (Lipinski definition) is 10. The molecule has 1 aromatic heterocycles. The van der Waals surface area contributed by atoms with Crippen molar-refractivity contribution in [1.29, 1.82) is 5.26 Å². The number of aromatic nitrogens is 2. The molecule has 0 fully saturated rings. The van der Waals surface area contributed by atoms with Crippen LogP contribution in [-0.4, -0.2) is 45.5 Å². The fourth-order valence-corrected chi connectivity index (χ4v) is 4.74. The molecule has 0 unspecified atom stereocenters. The van der Waals surface area contributed by atoms with E-state index in [4.69, 9.17) is 19.3 Å². The maximum absolute atomic E-state index is 11.6. The molecule has 3 N–H and O–H groups in total. The second-order valence-electron chi connectivity index (χ2n) is 7.50. The molecule has 3 aromatic rings. The number of thioether (sulfide) groups is 1. The summed E-state index contributed by atoms with van der Waals surface area (Å²) in [4.78, 5) is 9.23. The first-order valence-corrected chi connectivity index (χ1v) is 13.4. The van der Waals surface area contributed by atoms with Crippen LogP contribution in [-0.2, 0) is 10.0 Å². The molecule has 0 spiro atoms. The second-order valence-corrected chi connectivity index (χ2v) is 10.1. The lowest BCUT2D eigenvalue weighted by Gasteiger charge is -2.16. The van der Waals surface area contributed by atoms with Crippen LogP contribution >= 0.6 is 11.8 Å². The number of benzene rings is 2. The van der Waals surface area contributed by atoms with Gasteiger partial charge >= 0.3 is 0 Å². The summed E-state index contributed by atoms with van der Waals surface area (Å²) in [6, 6.07) is 11.5. The van der Waals surface area contributed by atoms with Gasteiger partial charge in [-0.05, 0) is 42.8 Å². The smallest absolute Gasteiger partial charge is 0.238 e. The van der Waals surface area contributed by atoms with E-state index in [0.29, 0.717) is 39.3 Å². The number of ether oxygens (including phenoxy) is 3. The van der Waals surface area contributed by atoms with E-state index in [0.717, 1.165) is 18.6 Å². The Morgan fingerprint density at radius 2 is 1.69 bits per heavy atom. The number of rotatable bonds is 11. The molecular formula is C24H27N5O5S2. The van der Waals surface area contributed by atoms with Gasteiger partial charge < -0.3 is 19.5 Å². The number of anilines is 2. The van der Waals surface area contributed by atoms with Crippen LogP contribution in [0.5, 0.6) is 17.2 Å². The van der Waals surface area contributed by atoms with E-state index in [1.54, 1.807) is 24.3 Å². The maximum Gasteiger partial charge on any atom is 0.238 e. The molecule has 0 aliphatic carbocycles. The van der Waals surface area contributed by atoms with Crippen molar-refractivity contribution in [2.75, 3.05) is 32.4 Å². The van der Waals surface area contributed by atoms with Gasteiger partial charge in [-0.15, -0.1) is 0 Å². The third kappa shape index (κ3) is 6.17. The second kappa shape index (κ2) is 11.9. The monoisotopic (exact) mass is 529 g/mol. The van der Waals surface area contributed by atoms with Crippen LogP contribution in [0.4, 0.5) is 11.5 Å². The molecular weight excluding hydrogens is 502 g/mol. The Balaban J connectivity index is 2.16. The standard InChI is InChI=1S/C24H27N5O5S2/c1-5-6-11-35-24-28-21(15-12-19(32-2)22(34-4)20(13-15)33-3)18(14-25)23(29-24)27-16-7-9-17(10-8-16)36(26,30)31/h7-10,12-13H,5-6,11H2,1-4H3,(H2,26,30,31)(H,27,28,29). The minimum absolute atomic E-state index is 0.0230. The number of unbranched alkanes of at least 4 members (excludes halogenated alkanes) is 1. The number of primary sulfonamides is 1. The Hall–Kier alpha value is -3.53. The van der Waals surface area contributed by atoms with Gasteiger partial charge in [0.15, 0.2) is 22.5 Å². The van der Waals surface area contributed by atoms with Gasteiger partial charge in [0.2, 0.25) is 15.8 Å². The lowest BCUT2D eigenvalue weighted by atomic mass is 10.1. The number of methoxy groups -OCH3 is 3. The van der Waals surface area contributed by atoms with Crippen molar-refractivity contribution in [3.63, 3.8) is 0 Å². The largest absolute Gasteiger partial charge is 0.493 e. The van der Waals surface area contributed by atoms with Crippen LogP contribution in [0.15, 0.2) is 46.5 Å². The van der Waals surface area contributed by atoms with Gasteiger partial charge in [0.1, 0.15) is 11.6 Å². The highest BCUT2D eigenvalue weighted by molar-refractivity contribution is 7.99. The number of nitrogens with two attached hydrogens (primary N) is 1. The third-order valence-corrected chi connectivity index (χ3v) is 6.98. The summed E-state index contributed by atoms with van der Waals surface area (Å²) < 4.78 is 39.5. The summed E-state index contributed by atoms with van der Waals surface area (Å²) in [7, 11) is 0.702. The van der Waals surface area contributed by atoms with E-state index in [9.17, 15) is 13.7 Å². The van der Waals surface area contributed by atoms with Crippen molar-refractivity contribution >= 4 is 33.3 Å². The predicted octanol–water partition coefficient (Wildman–Crippen LogP) is 4.32. The minimum Gasteiger partial charge on any atom is -0.493 e. The van der Waals surface area contributed by atoms with E-state index in [1.807, 2.05) is 0 Å². The number of nitrogens with one attached hydrogen (secondary N) is 1. The van der Waals surface area contributed by atoms with Gasteiger partial charge in [0.05, 0.1) is 31.9 Å². The van der Waals surface area contributed by atoms with Gasteiger partial charge in [-0.25, -0.2) is 23.5 Å². The topological polar surface area (TPSA) is 149 Å². The first-order valence-electron chi connectivity index (χ1n) is 10.9.